The highest BCUT2D eigenvalue weighted by molar-refractivity contribution is 5.94. The van der Waals surface area contributed by atoms with E-state index < -0.39 is 0 Å². The maximum absolute atomic E-state index is 12.3. The van der Waals surface area contributed by atoms with Crippen molar-refractivity contribution in [1.82, 2.24) is 10.6 Å². The molecule has 0 saturated carbocycles. The number of benzene rings is 1. The first-order valence-electron chi connectivity index (χ1n) is 6.84. The van der Waals surface area contributed by atoms with E-state index in [1.165, 1.54) is 5.57 Å². The first kappa shape index (κ1) is 13.8. The monoisotopic (exact) mass is 258 g/mol. The second-order valence-electron chi connectivity index (χ2n) is 5.44. The fourth-order valence-electron chi connectivity index (χ4n) is 2.22. The molecule has 3 nitrogen and oxygen atoms in total. The Labute approximate surface area is 115 Å². The van der Waals surface area contributed by atoms with Crippen molar-refractivity contribution in [3.63, 3.8) is 0 Å². The second kappa shape index (κ2) is 6.02. The van der Waals surface area contributed by atoms with Crippen molar-refractivity contribution in [2.45, 2.75) is 26.8 Å². The molecule has 2 rings (SSSR count). The van der Waals surface area contributed by atoms with Gasteiger partial charge in [0.1, 0.15) is 0 Å². The summed E-state index contributed by atoms with van der Waals surface area (Å²) < 4.78 is 0. The van der Waals surface area contributed by atoms with Gasteiger partial charge in [-0.05, 0) is 24.0 Å². The molecule has 1 heterocycles. The van der Waals surface area contributed by atoms with Gasteiger partial charge in [-0.25, -0.2) is 0 Å². The molecule has 2 N–H and O–H groups in total. The Hall–Kier alpha value is -1.61. The highest BCUT2D eigenvalue weighted by atomic mass is 16.1. The van der Waals surface area contributed by atoms with Gasteiger partial charge in [-0.3, -0.25) is 4.79 Å². The van der Waals surface area contributed by atoms with Gasteiger partial charge in [0.25, 0.3) is 0 Å². The van der Waals surface area contributed by atoms with E-state index in [2.05, 4.69) is 36.6 Å². The number of nitrogens with one attached hydrogen (secondary N) is 2. The molecule has 1 aliphatic rings. The minimum Gasteiger partial charge on any atom is -0.345 e. The number of hydrogen-bond donors (Lipinski definition) is 2. The third-order valence-electron chi connectivity index (χ3n) is 3.66. The molecule has 1 atom stereocenters. The molecular weight excluding hydrogens is 236 g/mol. The van der Waals surface area contributed by atoms with Crippen molar-refractivity contribution < 1.29 is 4.79 Å². The van der Waals surface area contributed by atoms with Gasteiger partial charge in [0.15, 0.2) is 0 Å². The number of hydrogen-bond acceptors (Lipinski definition) is 2. The summed E-state index contributed by atoms with van der Waals surface area (Å²) in [4.78, 5) is 12.3. The third kappa shape index (κ3) is 3.24. The van der Waals surface area contributed by atoms with Crippen LogP contribution >= 0.6 is 0 Å². The summed E-state index contributed by atoms with van der Waals surface area (Å²) in [6.45, 7) is 7.86. The van der Waals surface area contributed by atoms with Crippen LogP contribution in [0.2, 0.25) is 0 Å². The highest BCUT2D eigenvalue weighted by Crippen LogP contribution is 2.22. The maximum Gasteiger partial charge on any atom is 0.247 e. The van der Waals surface area contributed by atoms with Gasteiger partial charge < -0.3 is 10.6 Å². The lowest BCUT2D eigenvalue weighted by atomic mass is 9.95. The normalized spacial score (nSPS) is 15.9. The molecule has 0 radical (unpaired) electrons. The van der Waals surface area contributed by atoms with E-state index in [9.17, 15) is 4.79 Å². The van der Waals surface area contributed by atoms with Crippen LogP contribution in [0.3, 0.4) is 0 Å². The molecule has 1 unspecified atom stereocenters. The smallest absolute Gasteiger partial charge is 0.247 e. The van der Waals surface area contributed by atoms with Crippen molar-refractivity contribution in [3.8, 4) is 0 Å². The van der Waals surface area contributed by atoms with Crippen molar-refractivity contribution in [1.29, 1.82) is 0 Å². The summed E-state index contributed by atoms with van der Waals surface area (Å²) >= 11 is 0. The quantitative estimate of drug-likeness (QED) is 0.814. The Morgan fingerprint density at radius 1 is 1.21 bits per heavy atom. The largest absolute Gasteiger partial charge is 0.345 e. The molecule has 0 bridgehead atoms. The summed E-state index contributed by atoms with van der Waals surface area (Å²) in [6.07, 6.45) is 0. The molecule has 1 aromatic rings. The Kier molecular flexibility index (Phi) is 4.38. The fraction of sp³-hybridized carbons (Fsp3) is 0.438. The zero-order valence-corrected chi connectivity index (χ0v) is 11.9. The van der Waals surface area contributed by atoms with Gasteiger partial charge in [0, 0.05) is 18.7 Å². The molecule has 0 aromatic heterocycles. The lowest BCUT2D eigenvalue weighted by molar-refractivity contribution is -0.118. The molecule has 1 aromatic carbocycles. The molecule has 1 fully saturated rings. The van der Waals surface area contributed by atoms with Crippen molar-refractivity contribution in [3.05, 3.63) is 47.0 Å². The van der Waals surface area contributed by atoms with Crippen LogP contribution < -0.4 is 10.6 Å². The number of amides is 1. The zero-order valence-electron chi connectivity index (χ0n) is 11.9. The van der Waals surface area contributed by atoms with Crippen LogP contribution in [0.15, 0.2) is 41.5 Å². The number of carbonyl (C=O) groups is 1. The van der Waals surface area contributed by atoms with Gasteiger partial charge in [0.05, 0.1) is 6.04 Å². The molecule has 1 aliphatic heterocycles. The fourth-order valence-corrected chi connectivity index (χ4v) is 2.22. The minimum atomic E-state index is 0.0547. The first-order valence-corrected chi connectivity index (χ1v) is 6.84. The summed E-state index contributed by atoms with van der Waals surface area (Å²) in [5.74, 6) is 0.419. The standard InChI is InChI=1S/C16H22N2O/c1-11(2)15(13-7-5-4-6-8-13)18-16(19)12(3)14-9-17-10-14/h4-8,11,15,17H,9-10H2,1-3H3,(H,18,19). The van der Waals surface area contributed by atoms with Gasteiger partial charge in [-0.15, -0.1) is 0 Å². The van der Waals surface area contributed by atoms with Crippen molar-refractivity contribution in [2.75, 3.05) is 13.1 Å². The average Bonchev–Trinajstić information content (AvgIpc) is 2.34. The van der Waals surface area contributed by atoms with Crippen LogP contribution in [0.1, 0.15) is 32.4 Å². The topological polar surface area (TPSA) is 41.1 Å². The van der Waals surface area contributed by atoms with E-state index in [1.54, 1.807) is 0 Å². The minimum absolute atomic E-state index is 0.0547. The van der Waals surface area contributed by atoms with Crippen LogP contribution in [-0.4, -0.2) is 19.0 Å². The Morgan fingerprint density at radius 2 is 1.84 bits per heavy atom. The maximum atomic E-state index is 12.3. The first-order chi connectivity index (χ1) is 9.09. The zero-order chi connectivity index (χ0) is 13.8. The number of carbonyl (C=O) groups excluding carboxylic acids is 1. The van der Waals surface area contributed by atoms with E-state index in [-0.39, 0.29) is 11.9 Å². The van der Waals surface area contributed by atoms with Crippen LogP contribution in [0.25, 0.3) is 0 Å². The van der Waals surface area contributed by atoms with E-state index >= 15 is 0 Å². The lowest BCUT2D eigenvalue weighted by Gasteiger charge is -2.26. The van der Waals surface area contributed by atoms with Crippen LogP contribution in [0.4, 0.5) is 0 Å². The molecular formula is C16H22N2O. The van der Waals surface area contributed by atoms with Gasteiger partial charge in [-0.1, -0.05) is 44.2 Å². The Balaban J connectivity index is 2.12. The second-order valence-corrected chi connectivity index (χ2v) is 5.44. The predicted octanol–water partition coefficient (Wildman–Crippen LogP) is 2.42. The molecule has 102 valence electrons. The number of rotatable bonds is 4. The van der Waals surface area contributed by atoms with Gasteiger partial charge >= 0.3 is 0 Å². The van der Waals surface area contributed by atoms with Crippen molar-refractivity contribution >= 4 is 5.91 Å². The van der Waals surface area contributed by atoms with E-state index in [1.807, 2.05) is 25.1 Å². The summed E-state index contributed by atoms with van der Waals surface area (Å²) in [5.41, 5.74) is 3.24. The summed E-state index contributed by atoms with van der Waals surface area (Å²) in [7, 11) is 0. The molecule has 1 saturated heterocycles. The lowest BCUT2D eigenvalue weighted by Crippen LogP contribution is -2.39. The summed E-state index contributed by atoms with van der Waals surface area (Å²) in [5, 5.41) is 6.32. The van der Waals surface area contributed by atoms with E-state index in [4.69, 9.17) is 0 Å². The SMILES string of the molecule is CC(C(=O)NC(c1ccccc1)C(C)C)=C1CNC1. The summed E-state index contributed by atoms with van der Waals surface area (Å²) in [6, 6.07) is 10.2. The van der Waals surface area contributed by atoms with Crippen LogP contribution in [0, 0.1) is 5.92 Å². The van der Waals surface area contributed by atoms with E-state index in [0.29, 0.717) is 5.92 Å². The average molecular weight is 258 g/mol. The van der Waals surface area contributed by atoms with Crippen LogP contribution in [-0.2, 0) is 4.79 Å². The van der Waals surface area contributed by atoms with E-state index in [0.717, 1.165) is 24.2 Å². The van der Waals surface area contributed by atoms with Crippen LogP contribution in [0.5, 0.6) is 0 Å². The molecule has 1 amide bonds. The molecule has 0 aliphatic carbocycles. The highest BCUT2D eigenvalue weighted by Gasteiger charge is 2.21. The Bertz CT molecular complexity index is 471. The third-order valence-corrected chi connectivity index (χ3v) is 3.66. The molecule has 0 spiro atoms. The van der Waals surface area contributed by atoms with Gasteiger partial charge in [0.2, 0.25) is 5.91 Å². The molecule has 19 heavy (non-hydrogen) atoms. The van der Waals surface area contributed by atoms with Crippen molar-refractivity contribution in [2.24, 2.45) is 5.92 Å². The van der Waals surface area contributed by atoms with Gasteiger partial charge in [-0.2, -0.15) is 0 Å². The Morgan fingerprint density at radius 3 is 2.32 bits per heavy atom. The predicted molar refractivity (Wildman–Crippen MR) is 77.7 cm³/mol. The molecule has 3 heteroatoms.